The van der Waals surface area contributed by atoms with Crippen molar-refractivity contribution in [1.29, 1.82) is 0 Å². The van der Waals surface area contributed by atoms with Gasteiger partial charge in [0.05, 0.1) is 0 Å². The first kappa shape index (κ1) is 20.2. The molecule has 4 saturated carbocycles. The number of hydrogen-bond acceptors (Lipinski definition) is 3. The molecule has 5 atom stereocenters. The Bertz CT molecular complexity index is 686. The largest absolute Gasteiger partial charge is 0.491 e. The highest BCUT2D eigenvalue weighted by Crippen LogP contribution is 2.69. The average Bonchev–Trinajstić information content (AvgIpc) is 2.55. The third-order valence-electron chi connectivity index (χ3n) is 7.40. The van der Waals surface area contributed by atoms with E-state index in [2.05, 4.69) is 64.2 Å². The molecular weight excluding hydrogens is 346 g/mol. The monoisotopic (exact) mass is 385 g/mol. The van der Waals surface area contributed by atoms with E-state index in [1.165, 1.54) is 44.1 Å². The molecule has 0 saturated heterocycles. The Balaban J connectivity index is 1.40. The molecule has 3 nitrogen and oxygen atoms in total. The van der Waals surface area contributed by atoms with Gasteiger partial charge in [-0.1, -0.05) is 26.0 Å². The number of aliphatic hydroxyl groups is 1. The van der Waals surface area contributed by atoms with E-state index in [0.29, 0.717) is 29.4 Å². The summed E-state index contributed by atoms with van der Waals surface area (Å²) in [7, 11) is 0. The smallest absolute Gasteiger partial charge is 0.119 e. The summed E-state index contributed by atoms with van der Waals surface area (Å²) in [4.78, 5) is 0. The summed E-state index contributed by atoms with van der Waals surface area (Å²) < 4.78 is 5.86. The zero-order valence-corrected chi connectivity index (χ0v) is 18.5. The van der Waals surface area contributed by atoms with Crippen LogP contribution >= 0.6 is 0 Å². The zero-order chi connectivity index (χ0) is 20.2. The highest BCUT2D eigenvalue weighted by molar-refractivity contribution is 5.36. The highest BCUT2D eigenvalue weighted by Gasteiger charge is 2.60. The lowest BCUT2D eigenvalue weighted by Crippen LogP contribution is -2.56. The first-order valence-electron chi connectivity index (χ1n) is 11.1. The maximum atomic E-state index is 10.2. The molecule has 0 radical (unpaired) electrons. The van der Waals surface area contributed by atoms with E-state index in [0.717, 1.165) is 11.7 Å². The zero-order valence-electron chi connectivity index (χ0n) is 18.5. The normalized spacial score (nSPS) is 37.9. The third kappa shape index (κ3) is 4.11. The Morgan fingerprint density at radius 3 is 2.18 bits per heavy atom. The predicted octanol–water partition coefficient (Wildman–Crippen LogP) is 5.06. The fourth-order valence-electron chi connectivity index (χ4n) is 7.35. The SMILES string of the molecule is CC(C)(C)NCC(O)COc1ccc(C23CC4C[C@@](C)(C2)C[C@](C)(C4)C3)cc1. The molecule has 0 spiro atoms. The van der Waals surface area contributed by atoms with Crippen molar-refractivity contribution < 1.29 is 9.84 Å². The third-order valence-corrected chi connectivity index (χ3v) is 7.40. The van der Waals surface area contributed by atoms with Gasteiger partial charge in [-0.25, -0.2) is 0 Å². The summed E-state index contributed by atoms with van der Waals surface area (Å²) in [6, 6.07) is 8.83. The average molecular weight is 386 g/mol. The van der Waals surface area contributed by atoms with Crippen LogP contribution in [0, 0.1) is 16.7 Å². The van der Waals surface area contributed by atoms with Gasteiger partial charge in [0.25, 0.3) is 0 Å². The van der Waals surface area contributed by atoms with Gasteiger partial charge in [-0.05, 0) is 99.2 Å². The van der Waals surface area contributed by atoms with Crippen molar-refractivity contribution in [3.05, 3.63) is 29.8 Å². The molecule has 156 valence electrons. The number of benzene rings is 1. The fourth-order valence-corrected chi connectivity index (χ4v) is 7.35. The Morgan fingerprint density at radius 2 is 1.64 bits per heavy atom. The second-order valence-electron chi connectivity index (χ2n) is 12.0. The molecular formula is C25H39NO2. The van der Waals surface area contributed by atoms with Crippen LogP contribution in [-0.4, -0.2) is 29.9 Å². The van der Waals surface area contributed by atoms with Gasteiger partial charge in [0.15, 0.2) is 0 Å². The minimum Gasteiger partial charge on any atom is -0.491 e. The maximum absolute atomic E-state index is 10.2. The topological polar surface area (TPSA) is 41.5 Å². The first-order chi connectivity index (χ1) is 13.0. The molecule has 5 rings (SSSR count). The summed E-state index contributed by atoms with van der Waals surface area (Å²) in [6.07, 6.45) is 7.86. The Kier molecular flexibility index (Phi) is 4.87. The molecule has 3 heteroatoms. The molecule has 2 N–H and O–H groups in total. The molecule has 4 fully saturated rings. The fraction of sp³-hybridized carbons (Fsp3) is 0.760. The molecule has 0 heterocycles. The maximum Gasteiger partial charge on any atom is 0.119 e. The van der Waals surface area contributed by atoms with Crippen molar-refractivity contribution in [3.63, 3.8) is 0 Å². The van der Waals surface area contributed by atoms with Crippen molar-refractivity contribution >= 4 is 0 Å². The van der Waals surface area contributed by atoms with Gasteiger partial charge in [-0.15, -0.1) is 0 Å². The van der Waals surface area contributed by atoms with E-state index in [4.69, 9.17) is 4.74 Å². The van der Waals surface area contributed by atoms with E-state index < -0.39 is 6.10 Å². The molecule has 4 aliphatic rings. The highest BCUT2D eigenvalue weighted by atomic mass is 16.5. The van der Waals surface area contributed by atoms with Crippen molar-refractivity contribution in [2.24, 2.45) is 16.7 Å². The van der Waals surface area contributed by atoms with Crippen LogP contribution in [0.1, 0.15) is 78.7 Å². The van der Waals surface area contributed by atoms with Crippen LogP contribution in [0.15, 0.2) is 24.3 Å². The standard InChI is InChI=1S/C25H39NO2/c1-22(2,3)26-13-20(27)14-28-21-8-6-19(7-9-21)25-12-18-10-23(4,16-25)15-24(5,11-18)17-25/h6-9,18,20,26-27H,10-17H2,1-5H3/t18?,20?,23-,24+,25?. The Labute approximate surface area is 171 Å². The van der Waals surface area contributed by atoms with Crippen molar-refractivity contribution in [2.75, 3.05) is 13.2 Å². The molecule has 4 bridgehead atoms. The molecule has 4 aliphatic carbocycles. The Hall–Kier alpha value is -1.06. The van der Waals surface area contributed by atoms with Crippen LogP contribution in [0.5, 0.6) is 5.75 Å². The molecule has 3 unspecified atom stereocenters. The van der Waals surface area contributed by atoms with E-state index in [1.54, 1.807) is 0 Å². The van der Waals surface area contributed by atoms with Crippen LogP contribution in [0.25, 0.3) is 0 Å². The van der Waals surface area contributed by atoms with Gasteiger partial charge in [0.2, 0.25) is 0 Å². The van der Waals surface area contributed by atoms with E-state index in [1.807, 2.05) is 0 Å². The van der Waals surface area contributed by atoms with Gasteiger partial charge >= 0.3 is 0 Å². The predicted molar refractivity (Wildman–Crippen MR) is 115 cm³/mol. The lowest BCUT2D eigenvalue weighted by atomic mass is 9.39. The van der Waals surface area contributed by atoms with E-state index in [9.17, 15) is 5.11 Å². The molecule has 0 aliphatic heterocycles. The van der Waals surface area contributed by atoms with Gasteiger partial charge in [0, 0.05) is 12.1 Å². The van der Waals surface area contributed by atoms with Crippen LogP contribution in [0.2, 0.25) is 0 Å². The number of rotatable bonds is 6. The van der Waals surface area contributed by atoms with Crippen molar-refractivity contribution in [3.8, 4) is 5.75 Å². The minimum atomic E-state index is -0.498. The summed E-state index contributed by atoms with van der Waals surface area (Å²) in [5.74, 6) is 1.77. The summed E-state index contributed by atoms with van der Waals surface area (Å²) in [5, 5.41) is 13.5. The quantitative estimate of drug-likeness (QED) is 0.719. The van der Waals surface area contributed by atoms with Crippen LogP contribution in [0.3, 0.4) is 0 Å². The number of hydrogen-bond donors (Lipinski definition) is 2. The lowest BCUT2D eigenvalue weighted by Gasteiger charge is -2.65. The molecule has 0 amide bonds. The number of nitrogens with one attached hydrogen (secondary N) is 1. The van der Waals surface area contributed by atoms with E-state index in [-0.39, 0.29) is 5.54 Å². The number of β-amino-alcohol motifs (C(OH)–C–C–N with tert-alkyl or cyclic N) is 1. The number of aliphatic hydroxyl groups excluding tert-OH is 1. The summed E-state index contributed by atoms with van der Waals surface area (Å²) >= 11 is 0. The number of ether oxygens (including phenoxy) is 1. The lowest BCUT2D eigenvalue weighted by molar-refractivity contribution is -0.110. The summed E-state index contributed by atoms with van der Waals surface area (Å²) in [6.45, 7) is 12.2. The van der Waals surface area contributed by atoms with Crippen LogP contribution in [-0.2, 0) is 5.41 Å². The van der Waals surface area contributed by atoms with E-state index >= 15 is 0 Å². The summed E-state index contributed by atoms with van der Waals surface area (Å²) in [5.41, 5.74) is 2.96. The first-order valence-corrected chi connectivity index (χ1v) is 11.1. The van der Waals surface area contributed by atoms with Crippen molar-refractivity contribution in [1.82, 2.24) is 5.32 Å². The molecule has 0 aromatic heterocycles. The van der Waals surface area contributed by atoms with Gasteiger partial charge in [0.1, 0.15) is 18.5 Å². The van der Waals surface area contributed by atoms with Crippen LogP contribution in [0.4, 0.5) is 0 Å². The van der Waals surface area contributed by atoms with Crippen LogP contribution < -0.4 is 10.1 Å². The van der Waals surface area contributed by atoms with Crippen molar-refractivity contribution in [2.45, 2.75) is 90.2 Å². The minimum absolute atomic E-state index is 0.00771. The van der Waals surface area contributed by atoms with Gasteiger partial charge in [-0.2, -0.15) is 0 Å². The second kappa shape index (κ2) is 6.74. The second-order valence-corrected chi connectivity index (χ2v) is 12.0. The van der Waals surface area contributed by atoms with Gasteiger partial charge in [-0.3, -0.25) is 0 Å². The molecule has 1 aromatic carbocycles. The van der Waals surface area contributed by atoms with Gasteiger partial charge < -0.3 is 15.2 Å². The molecule has 28 heavy (non-hydrogen) atoms. The molecule has 1 aromatic rings. The Morgan fingerprint density at radius 1 is 1.04 bits per heavy atom.